The van der Waals surface area contributed by atoms with Crippen molar-refractivity contribution in [2.24, 2.45) is 0 Å². The van der Waals surface area contributed by atoms with Crippen molar-refractivity contribution in [2.75, 3.05) is 5.73 Å². The zero-order valence-corrected chi connectivity index (χ0v) is 10.7. The smallest absolute Gasteiger partial charge is 0.196 e. The van der Waals surface area contributed by atoms with Crippen LogP contribution in [0, 0.1) is 0 Å². The predicted octanol–water partition coefficient (Wildman–Crippen LogP) is 1.64. The van der Waals surface area contributed by atoms with Gasteiger partial charge in [0.05, 0.1) is 0 Å². The minimum atomic E-state index is -0.0653. The minimum Gasteiger partial charge on any atom is -0.399 e. The number of nitrogen functional groups attached to an aromatic ring is 1. The molecule has 0 heterocycles. The quantitative estimate of drug-likeness (QED) is 0.662. The highest BCUT2D eigenvalue weighted by atomic mass is 14.5. The first-order valence-electron chi connectivity index (χ1n) is 6.13. The summed E-state index contributed by atoms with van der Waals surface area (Å²) in [6, 6.07) is 6.11. The molecule has 0 aliphatic heterocycles. The van der Waals surface area contributed by atoms with Crippen LogP contribution in [0.25, 0.3) is 6.08 Å². The van der Waals surface area contributed by atoms with Crippen LogP contribution in [0.15, 0.2) is 47.6 Å². The molecule has 2 aliphatic rings. The summed E-state index contributed by atoms with van der Waals surface area (Å²) in [5.74, 6) is 0. The van der Waals surface area contributed by atoms with Gasteiger partial charge >= 0.3 is 0 Å². The second kappa shape index (κ2) is 3.45. The van der Waals surface area contributed by atoms with E-state index in [0.29, 0.717) is 0 Å². The molecule has 0 spiro atoms. The molecule has 2 aliphatic carbocycles. The summed E-state index contributed by atoms with van der Waals surface area (Å²) < 4.78 is 0. The first-order valence-corrected chi connectivity index (χ1v) is 6.13. The molecule has 0 amide bonds. The summed E-state index contributed by atoms with van der Waals surface area (Å²) in [7, 11) is 0. The molecule has 18 heavy (non-hydrogen) atoms. The SMILES string of the molecule is CC1(C)C2=CC(=[NH2+])C=CC2=Cc2ccc(N)cc21. The fourth-order valence-corrected chi connectivity index (χ4v) is 2.79. The van der Waals surface area contributed by atoms with Crippen molar-refractivity contribution in [1.29, 1.82) is 0 Å². The Hall–Kier alpha value is -2.09. The molecule has 0 fully saturated rings. The van der Waals surface area contributed by atoms with Gasteiger partial charge < -0.3 is 5.73 Å². The van der Waals surface area contributed by atoms with Crippen molar-refractivity contribution in [3.8, 4) is 0 Å². The van der Waals surface area contributed by atoms with Gasteiger partial charge in [-0.2, -0.15) is 0 Å². The number of hydrogen-bond acceptors (Lipinski definition) is 1. The van der Waals surface area contributed by atoms with Gasteiger partial charge in [-0.05, 0) is 46.6 Å². The summed E-state index contributed by atoms with van der Waals surface area (Å²) in [5, 5.41) is 5.91. The Balaban J connectivity index is 2.30. The lowest BCUT2D eigenvalue weighted by molar-refractivity contribution is -0.110. The van der Waals surface area contributed by atoms with E-state index in [1.165, 1.54) is 22.3 Å². The molecule has 0 bridgehead atoms. The Bertz CT molecular complexity index is 643. The molecule has 0 saturated carbocycles. The van der Waals surface area contributed by atoms with Crippen molar-refractivity contribution in [3.63, 3.8) is 0 Å². The molecule has 0 radical (unpaired) electrons. The van der Waals surface area contributed by atoms with Gasteiger partial charge in [0, 0.05) is 23.3 Å². The molecule has 0 atom stereocenters. The first kappa shape index (κ1) is 11.0. The molecular formula is C16H17N2+. The van der Waals surface area contributed by atoms with Crippen LogP contribution in [-0.4, -0.2) is 5.71 Å². The second-order valence-electron chi connectivity index (χ2n) is 5.46. The average molecular weight is 237 g/mol. The molecule has 1 aromatic carbocycles. The van der Waals surface area contributed by atoms with Crippen LogP contribution in [0.5, 0.6) is 0 Å². The van der Waals surface area contributed by atoms with Gasteiger partial charge in [-0.3, -0.25) is 5.41 Å². The van der Waals surface area contributed by atoms with Crippen LogP contribution in [0.3, 0.4) is 0 Å². The number of benzene rings is 1. The normalized spacial score (nSPS) is 19.8. The molecule has 1 aromatic rings. The summed E-state index contributed by atoms with van der Waals surface area (Å²) in [6.45, 7) is 4.44. The monoisotopic (exact) mass is 237 g/mol. The Morgan fingerprint density at radius 2 is 1.89 bits per heavy atom. The Morgan fingerprint density at radius 1 is 1.11 bits per heavy atom. The summed E-state index contributed by atoms with van der Waals surface area (Å²) in [4.78, 5) is 0. The van der Waals surface area contributed by atoms with E-state index in [0.717, 1.165) is 11.4 Å². The van der Waals surface area contributed by atoms with E-state index >= 15 is 0 Å². The lowest BCUT2D eigenvalue weighted by Crippen LogP contribution is -2.39. The van der Waals surface area contributed by atoms with Crippen molar-refractivity contribution < 1.29 is 5.41 Å². The molecule has 0 unspecified atom stereocenters. The van der Waals surface area contributed by atoms with Gasteiger partial charge in [0.1, 0.15) is 0 Å². The van der Waals surface area contributed by atoms with Crippen LogP contribution in [0.2, 0.25) is 0 Å². The second-order valence-corrected chi connectivity index (χ2v) is 5.46. The van der Waals surface area contributed by atoms with Gasteiger partial charge in [-0.25, -0.2) is 0 Å². The van der Waals surface area contributed by atoms with E-state index in [1.807, 2.05) is 12.1 Å². The minimum absolute atomic E-state index is 0.0653. The highest BCUT2D eigenvalue weighted by Crippen LogP contribution is 2.44. The third-order valence-corrected chi connectivity index (χ3v) is 3.81. The van der Waals surface area contributed by atoms with Crippen molar-refractivity contribution >= 4 is 17.5 Å². The Morgan fingerprint density at radius 3 is 2.67 bits per heavy atom. The largest absolute Gasteiger partial charge is 0.399 e. The number of hydrogen-bond donors (Lipinski definition) is 2. The van der Waals surface area contributed by atoms with E-state index in [-0.39, 0.29) is 5.41 Å². The number of rotatable bonds is 0. The maximum Gasteiger partial charge on any atom is 0.196 e. The molecule has 2 heteroatoms. The molecule has 0 aromatic heterocycles. The molecule has 4 N–H and O–H groups in total. The van der Waals surface area contributed by atoms with Gasteiger partial charge in [0.2, 0.25) is 0 Å². The van der Waals surface area contributed by atoms with E-state index < -0.39 is 0 Å². The van der Waals surface area contributed by atoms with Crippen molar-refractivity contribution in [2.45, 2.75) is 19.3 Å². The third kappa shape index (κ3) is 1.46. The maximum atomic E-state index is 5.91. The molecule has 3 rings (SSSR count). The van der Waals surface area contributed by atoms with Gasteiger partial charge in [0.15, 0.2) is 5.71 Å². The molecule has 90 valence electrons. The average Bonchev–Trinajstić information content (AvgIpc) is 2.32. The van der Waals surface area contributed by atoms with Crippen LogP contribution < -0.4 is 11.1 Å². The van der Waals surface area contributed by atoms with Gasteiger partial charge in [-0.1, -0.05) is 19.9 Å². The third-order valence-electron chi connectivity index (χ3n) is 3.81. The first-order chi connectivity index (χ1) is 8.48. The Kier molecular flexibility index (Phi) is 2.11. The number of anilines is 1. The van der Waals surface area contributed by atoms with Crippen LogP contribution in [0.1, 0.15) is 25.0 Å². The van der Waals surface area contributed by atoms with Crippen LogP contribution >= 0.6 is 0 Å². The van der Waals surface area contributed by atoms with E-state index in [4.69, 9.17) is 11.1 Å². The standard InChI is InChI=1S/C16H16N2/c1-16(2)14-8-12(17)5-3-10(14)7-11-4-6-13(18)9-15(11)16/h3-9,17H,18H2,1-2H3/p+1. The fraction of sp³-hybridized carbons (Fsp3) is 0.188. The van der Waals surface area contributed by atoms with E-state index in [2.05, 4.69) is 44.2 Å². The number of nitrogens with two attached hydrogens (primary N) is 2. The highest BCUT2D eigenvalue weighted by molar-refractivity contribution is 6.04. The van der Waals surface area contributed by atoms with E-state index in [1.54, 1.807) is 0 Å². The van der Waals surface area contributed by atoms with Crippen molar-refractivity contribution in [3.05, 3.63) is 58.7 Å². The summed E-state index contributed by atoms with van der Waals surface area (Å²) >= 11 is 0. The maximum absolute atomic E-state index is 5.91. The van der Waals surface area contributed by atoms with Crippen molar-refractivity contribution in [1.82, 2.24) is 0 Å². The number of allylic oxidation sites excluding steroid dienone is 5. The highest BCUT2D eigenvalue weighted by Gasteiger charge is 2.34. The lowest BCUT2D eigenvalue weighted by atomic mass is 9.67. The van der Waals surface area contributed by atoms with Crippen LogP contribution in [-0.2, 0) is 5.41 Å². The number of fused-ring (bicyclic) bond motifs is 2. The zero-order chi connectivity index (χ0) is 12.9. The van der Waals surface area contributed by atoms with E-state index in [9.17, 15) is 0 Å². The van der Waals surface area contributed by atoms with Gasteiger partial charge in [0.25, 0.3) is 0 Å². The van der Waals surface area contributed by atoms with Gasteiger partial charge in [-0.15, -0.1) is 0 Å². The summed E-state index contributed by atoms with van der Waals surface area (Å²) in [5.41, 5.74) is 12.5. The molecular weight excluding hydrogens is 220 g/mol. The molecule has 2 nitrogen and oxygen atoms in total. The topological polar surface area (TPSA) is 51.6 Å². The summed E-state index contributed by atoms with van der Waals surface area (Å²) in [6.07, 6.45) is 8.31. The Labute approximate surface area is 107 Å². The lowest BCUT2D eigenvalue weighted by Gasteiger charge is -2.35. The predicted molar refractivity (Wildman–Crippen MR) is 76.0 cm³/mol. The fourth-order valence-electron chi connectivity index (χ4n) is 2.79. The van der Waals surface area contributed by atoms with Crippen LogP contribution in [0.4, 0.5) is 5.69 Å². The molecule has 0 saturated heterocycles. The zero-order valence-electron chi connectivity index (χ0n) is 10.7.